The summed E-state index contributed by atoms with van der Waals surface area (Å²) < 4.78 is 5.50. The van der Waals surface area contributed by atoms with Crippen LogP contribution in [0.2, 0.25) is 0 Å². The molecule has 0 amide bonds. The first-order valence-electron chi connectivity index (χ1n) is 8.27. The molecule has 1 aromatic rings. The van der Waals surface area contributed by atoms with Crippen LogP contribution in [0.1, 0.15) is 43.3 Å². The molecule has 3 aliphatic heterocycles. The first kappa shape index (κ1) is 13.7. The molecule has 2 unspecified atom stereocenters. The van der Waals surface area contributed by atoms with E-state index in [-0.39, 0.29) is 0 Å². The highest BCUT2D eigenvalue weighted by atomic mass is 16.5. The Hall–Kier alpha value is -0.980. The Labute approximate surface area is 125 Å². The number of nitrogens with one attached hydrogen (secondary N) is 1. The highest BCUT2D eigenvalue weighted by Crippen LogP contribution is 2.41. The molecule has 0 radical (unpaired) electrons. The fourth-order valence-corrected chi connectivity index (χ4v) is 4.18. The van der Waals surface area contributed by atoms with E-state index in [1.54, 1.807) is 0 Å². The van der Waals surface area contributed by atoms with Crippen molar-refractivity contribution >= 4 is 0 Å². The standard InChI is InChI=1S/C15H25N5O/c1-19-12-2-3-13(19)9-11(8-12)15-17-14(21-18-15)10-20-6-4-16-5-7-20/h11-13,16H,2-10H2,1H3. The first-order valence-corrected chi connectivity index (χ1v) is 8.27. The van der Waals surface area contributed by atoms with Crippen LogP contribution in [-0.2, 0) is 6.54 Å². The average Bonchev–Trinajstić information content (AvgIpc) is 3.02. The second-order valence-electron chi connectivity index (χ2n) is 6.79. The summed E-state index contributed by atoms with van der Waals surface area (Å²) in [6, 6.07) is 1.45. The van der Waals surface area contributed by atoms with Gasteiger partial charge >= 0.3 is 0 Å². The summed E-state index contributed by atoms with van der Waals surface area (Å²) >= 11 is 0. The van der Waals surface area contributed by atoms with Crippen LogP contribution < -0.4 is 5.32 Å². The van der Waals surface area contributed by atoms with Crippen LogP contribution in [-0.4, -0.2) is 65.3 Å². The van der Waals surface area contributed by atoms with Gasteiger partial charge in [-0.15, -0.1) is 0 Å². The molecule has 116 valence electrons. The minimum atomic E-state index is 0.499. The topological polar surface area (TPSA) is 57.4 Å². The minimum Gasteiger partial charge on any atom is -0.338 e. The summed E-state index contributed by atoms with van der Waals surface area (Å²) in [5.74, 6) is 2.24. The van der Waals surface area contributed by atoms with Gasteiger partial charge in [0.05, 0.1) is 6.54 Å². The third-order valence-electron chi connectivity index (χ3n) is 5.52. The number of piperidine rings is 1. The van der Waals surface area contributed by atoms with Crippen LogP contribution in [0.3, 0.4) is 0 Å². The van der Waals surface area contributed by atoms with Crippen molar-refractivity contribution in [3.05, 3.63) is 11.7 Å². The quantitative estimate of drug-likeness (QED) is 0.889. The highest BCUT2D eigenvalue weighted by Gasteiger charge is 2.40. The normalized spacial score (nSPS) is 34.4. The van der Waals surface area contributed by atoms with Crippen LogP contribution in [0.25, 0.3) is 0 Å². The zero-order valence-electron chi connectivity index (χ0n) is 12.8. The molecule has 21 heavy (non-hydrogen) atoms. The van der Waals surface area contributed by atoms with Gasteiger partial charge in [0.1, 0.15) is 0 Å². The molecule has 0 aromatic carbocycles. The molecule has 1 aromatic heterocycles. The van der Waals surface area contributed by atoms with E-state index in [0.29, 0.717) is 5.92 Å². The molecule has 0 spiro atoms. The second-order valence-corrected chi connectivity index (χ2v) is 6.79. The van der Waals surface area contributed by atoms with Gasteiger partial charge in [-0.25, -0.2) is 0 Å². The van der Waals surface area contributed by atoms with Gasteiger partial charge in [0.2, 0.25) is 5.89 Å². The fourth-order valence-electron chi connectivity index (χ4n) is 4.18. The first-order chi connectivity index (χ1) is 10.3. The van der Waals surface area contributed by atoms with E-state index < -0.39 is 0 Å². The van der Waals surface area contributed by atoms with Gasteiger partial charge in [-0.2, -0.15) is 4.98 Å². The average molecular weight is 291 g/mol. The van der Waals surface area contributed by atoms with E-state index in [4.69, 9.17) is 9.51 Å². The van der Waals surface area contributed by atoms with Gasteiger partial charge in [-0.1, -0.05) is 5.16 Å². The number of hydrogen-bond acceptors (Lipinski definition) is 6. The smallest absolute Gasteiger partial charge is 0.240 e. The molecule has 6 nitrogen and oxygen atoms in total. The van der Waals surface area contributed by atoms with Crippen LogP contribution in [0.5, 0.6) is 0 Å². The van der Waals surface area contributed by atoms with E-state index in [1.807, 2.05) is 0 Å². The molecule has 3 aliphatic rings. The zero-order valence-corrected chi connectivity index (χ0v) is 12.8. The second kappa shape index (κ2) is 5.66. The Morgan fingerprint density at radius 3 is 2.62 bits per heavy atom. The predicted octanol–water partition coefficient (Wildman–Crippen LogP) is 0.815. The number of piperazine rings is 1. The Bertz CT molecular complexity index is 470. The molecule has 3 fully saturated rings. The summed E-state index contributed by atoms with van der Waals surface area (Å²) in [6.45, 7) is 5.04. The number of aromatic nitrogens is 2. The van der Waals surface area contributed by atoms with E-state index in [9.17, 15) is 0 Å². The lowest BCUT2D eigenvalue weighted by atomic mass is 9.90. The van der Waals surface area contributed by atoms with Gasteiger partial charge in [0.15, 0.2) is 5.82 Å². The van der Waals surface area contributed by atoms with Crippen molar-refractivity contribution in [1.29, 1.82) is 0 Å². The molecule has 6 heteroatoms. The maximum absolute atomic E-state index is 5.50. The number of fused-ring (bicyclic) bond motifs is 2. The summed E-state index contributed by atoms with van der Waals surface area (Å²) in [5, 5.41) is 7.65. The minimum absolute atomic E-state index is 0.499. The third kappa shape index (κ3) is 2.72. The Morgan fingerprint density at radius 1 is 1.19 bits per heavy atom. The van der Waals surface area contributed by atoms with Crippen molar-refractivity contribution in [2.45, 2.75) is 50.2 Å². The predicted molar refractivity (Wildman–Crippen MR) is 79.0 cm³/mol. The summed E-state index contributed by atoms with van der Waals surface area (Å²) in [6.07, 6.45) is 5.06. The van der Waals surface area contributed by atoms with Crippen LogP contribution in [0.15, 0.2) is 4.52 Å². The number of nitrogens with zero attached hydrogens (tertiary/aromatic N) is 4. The van der Waals surface area contributed by atoms with Crippen LogP contribution in [0.4, 0.5) is 0 Å². The maximum Gasteiger partial charge on any atom is 0.240 e. The maximum atomic E-state index is 5.50. The molecule has 4 heterocycles. The van der Waals surface area contributed by atoms with Crippen molar-refractivity contribution in [1.82, 2.24) is 25.3 Å². The van der Waals surface area contributed by atoms with E-state index >= 15 is 0 Å². The molecular weight excluding hydrogens is 266 g/mol. The van der Waals surface area contributed by atoms with E-state index in [0.717, 1.165) is 56.5 Å². The van der Waals surface area contributed by atoms with Gasteiger partial charge in [0.25, 0.3) is 0 Å². The van der Waals surface area contributed by atoms with Crippen molar-refractivity contribution < 1.29 is 4.52 Å². The van der Waals surface area contributed by atoms with Gasteiger partial charge in [-0.05, 0) is 32.7 Å². The van der Waals surface area contributed by atoms with Gasteiger partial charge in [0, 0.05) is 44.2 Å². The number of rotatable bonds is 3. The molecular formula is C15H25N5O. The Morgan fingerprint density at radius 2 is 1.90 bits per heavy atom. The molecule has 3 saturated heterocycles. The Balaban J connectivity index is 1.40. The van der Waals surface area contributed by atoms with Crippen molar-refractivity contribution in [2.24, 2.45) is 0 Å². The van der Waals surface area contributed by atoms with E-state index in [1.165, 1.54) is 25.7 Å². The zero-order chi connectivity index (χ0) is 14.2. The van der Waals surface area contributed by atoms with Crippen LogP contribution >= 0.6 is 0 Å². The van der Waals surface area contributed by atoms with Crippen molar-refractivity contribution in [2.75, 3.05) is 33.2 Å². The molecule has 0 aliphatic carbocycles. The van der Waals surface area contributed by atoms with Gasteiger partial charge < -0.3 is 14.7 Å². The monoisotopic (exact) mass is 291 g/mol. The lowest BCUT2D eigenvalue weighted by Gasteiger charge is -2.34. The third-order valence-corrected chi connectivity index (χ3v) is 5.52. The summed E-state index contributed by atoms with van der Waals surface area (Å²) in [4.78, 5) is 9.63. The molecule has 1 N–H and O–H groups in total. The van der Waals surface area contributed by atoms with Crippen LogP contribution in [0, 0.1) is 0 Å². The SMILES string of the molecule is CN1C2CCC1CC(c1noc(CN3CCNCC3)n1)C2. The molecule has 0 saturated carbocycles. The fraction of sp³-hybridized carbons (Fsp3) is 0.867. The van der Waals surface area contributed by atoms with Crippen molar-refractivity contribution in [3.8, 4) is 0 Å². The lowest BCUT2D eigenvalue weighted by molar-refractivity contribution is 0.157. The van der Waals surface area contributed by atoms with Crippen molar-refractivity contribution in [3.63, 3.8) is 0 Å². The molecule has 2 atom stereocenters. The number of hydrogen-bond donors (Lipinski definition) is 1. The lowest BCUT2D eigenvalue weighted by Crippen LogP contribution is -2.42. The summed E-state index contributed by atoms with van der Waals surface area (Å²) in [7, 11) is 2.27. The highest BCUT2D eigenvalue weighted by molar-refractivity contribution is 5.05. The molecule has 2 bridgehead atoms. The largest absolute Gasteiger partial charge is 0.338 e. The summed E-state index contributed by atoms with van der Waals surface area (Å²) in [5.41, 5.74) is 0. The van der Waals surface area contributed by atoms with E-state index in [2.05, 4.69) is 27.3 Å². The molecule has 4 rings (SSSR count). The van der Waals surface area contributed by atoms with Gasteiger partial charge in [-0.3, -0.25) is 4.90 Å². The Kier molecular flexibility index (Phi) is 3.69.